The number of amides is 1. The number of benzene rings is 2. The Kier molecular flexibility index (Phi) is 5.67. The molecule has 1 aromatic heterocycles. The Morgan fingerprint density at radius 2 is 1.82 bits per heavy atom. The topological polar surface area (TPSA) is 57.8 Å². The number of hydrogen-bond donors (Lipinski definition) is 2. The first kappa shape index (κ1) is 20.2. The first-order chi connectivity index (χ1) is 13.2. The average Bonchev–Trinajstić information content (AvgIpc) is 3.11. The van der Waals surface area contributed by atoms with Crippen molar-refractivity contribution in [3.05, 3.63) is 59.7 Å². The Morgan fingerprint density at radius 1 is 1.14 bits per heavy atom. The molecule has 0 unspecified atom stereocenters. The Labute approximate surface area is 168 Å². The van der Waals surface area contributed by atoms with E-state index >= 15 is 0 Å². The summed E-state index contributed by atoms with van der Waals surface area (Å²) in [5.74, 6) is -0.558. The van der Waals surface area contributed by atoms with Gasteiger partial charge in [0.1, 0.15) is 0 Å². The Balaban J connectivity index is 1.91. The molecule has 1 amide bonds. The molecule has 0 aliphatic heterocycles. The first-order valence-electron chi connectivity index (χ1n) is 8.09. The fraction of sp³-hybridized carbons (Fsp3) is 0.158. The lowest BCUT2D eigenvalue weighted by atomic mass is 9.98. The van der Waals surface area contributed by atoms with Crippen LogP contribution in [0, 0.1) is 6.92 Å². The monoisotopic (exact) mass is 427 g/mol. The first-order valence-corrected chi connectivity index (χ1v) is 8.96. The summed E-state index contributed by atoms with van der Waals surface area (Å²) in [5, 5.41) is 9.33. The van der Waals surface area contributed by atoms with Crippen LogP contribution in [-0.2, 0) is 11.0 Å². The number of halogens is 5. The van der Waals surface area contributed by atoms with Crippen LogP contribution in [0.5, 0.6) is 0 Å². The number of aromatic amines is 1. The number of aromatic nitrogens is 2. The van der Waals surface area contributed by atoms with Crippen LogP contribution in [0.2, 0.25) is 0 Å². The second kappa shape index (κ2) is 7.85. The number of aryl methyl sites for hydroxylation is 1. The lowest BCUT2D eigenvalue weighted by Crippen LogP contribution is -2.18. The Morgan fingerprint density at radius 3 is 2.43 bits per heavy atom. The Hall–Kier alpha value is -2.51. The van der Waals surface area contributed by atoms with Crippen LogP contribution in [0.3, 0.4) is 0 Å². The van der Waals surface area contributed by atoms with Crippen molar-refractivity contribution in [2.75, 3.05) is 5.32 Å². The van der Waals surface area contributed by atoms with Crippen molar-refractivity contribution in [2.45, 2.75) is 17.9 Å². The summed E-state index contributed by atoms with van der Waals surface area (Å²) in [6, 6.07) is 12.2. The minimum absolute atomic E-state index is 0.0629. The van der Waals surface area contributed by atoms with E-state index in [9.17, 15) is 18.0 Å². The zero-order chi connectivity index (χ0) is 20.5. The largest absolute Gasteiger partial charge is 0.417 e. The third-order valence-electron chi connectivity index (χ3n) is 4.07. The number of anilines is 1. The quantitative estimate of drug-likeness (QED) is 0.515. The molecule has 9 heteroatoms. The number of carbonyl (C=O) groups excluding carboxylic acids is 1. The van der Waals surface area contributed by atoms with E-state index in [0.29, 0.717) is 22.5 Å². The van der Waals surface area contributed by atoms with E-state index in [2.05, 4.69) is 15.5 Å². The van der Waals surface area contributed by atoms with Gasteiger partial charge in [-0.25, -0.2) is 0 Å². The van der Waals surface area contributed by atoms with Crippen molar-refractivity contribution in [3.63, 3.8) is 0 Å². The lowest BCUT2D eigenvalue weighted by Gasteiger charge is -2.13. The van der Waals surface area contributed by atoms with Gasteiger partial charge in [-0.1, -0.05) is 47.5 Å². The minimum Gasteiger partial charge on any atom is -0.324 e. The highest BCUT2D eigenvalue weighted by Gasteiger charge is 2.34. The molecule has 4 nitrogen and oxygen atoms in total. The number of alkyl halides is 5. The van der Waals surface area contributed by atoms with Gasteiger partial charge in [-0.15, -0.1) is 0 Å². The summed E-state index contributed by atoms with van der Waals surface area (Å²) >= 11 is 11.0. The third-order valence-corrected chi connectivity index (χ3v) is 4.47. The number of nitrogens with one attached hydrogen (secondary N) is 2. The van der Waals surface area contributed by atoms with E-state index in [1.165, 1.54) is 6.07 Å². The molecule has 2 aromatic carbocycles. The molecule has 0 saturated heterocycles. The van der Waals surface area contributed by atoms with Crippen molar-refractivity contribution < 1.29 is 18.0 Å². The van der Waals surface area contributed by atoms with Gasteiger partial charge in [-0.2, -0.15) is 18.3 Å². The molecule has 0 aliphatic carbocycles. The molecule has 1 heterocycles. The van der Waals surface area contributed by atoms with Crippen molar-refractivity contribution in [2.24, 2.45) is 0 Å². The summed E-state index contributed by atoms with van der Waals surface area (Å²) in [7, 11) is 0. The molecule has 0 spiro atoms. The van der Waals surface area contributed by atoms with Crippen molar-refractivity contribution in [3.8, 4) is 22.5 Å². The molecule has 3 rings (SSSR count). The predicted molar refractivity (Wildman–Crippen MR) is 103 cm³/mol. The zero-order valence-electron chi connectivity index (χ0n) is 14.4. The van der Waals surface area contributed by atoms with Crippen LogP contribution in [0.1, 0.15) is 11.1 Å². The van der Waals surface area contributed by atoms with E-state index < -0.39 is 22.5 Å². The molecule has 146 valence electrons. The third kappa shape index (κ3) is 4.31. The highest BCUT2D eigenvalue weighted by molar-refractivity contribution is 6.54. The van der Waals surface area contributed by atoms with E-state index in [0.717, 1.165) is 6.07 Å². The van der Waals surface area contributed by atoms with Crippen molar-refractivity contribution in [1.29, 1.82) is 0 Å². The van der Waals surface area contributed by atoms with Gasteiger partial charge in [0, 0.05) is 16.8 Å². The van der Waals surface area contributed by atoms with E-state index in [1.807, 2.05) is 0 Å². The molecule has 3 aromatic rings. The summed E-state index contributed by atoms with van der Waals surface area (Å²) < 4.78 is 40.1. The summed E-state index contributed by atoms with van der Waals surface area (Å²) in [6.07, 6.45) is -4.48. The number of rotatable bonds is 4. The molecule has 0 radical (unpaired) electrons. The Bertz CT molecular complexity index is 998. The fourth-order valence-electron chi connectivity index (χ4n) is 2.78. The van der Waals surface area contributed by atoms with E-state index in [4.69, 9.17) is 23.2 Å². The van der Waals surface area contributed by atoms with Gasteiger partial charge >= 0.3 is 6.18 Å². The van der Waals surface area contributed by atoms with Gasteiger partial charge < -0.3 is 5.32 Å². The molecule has 0 saturated carbocycles. The SMILES string of the molecule is Cc1cccc(C(F)(F)F)c1-c1cc(-c2ccc(NC(=O)C(Cl)Cl)cc2)n[nH]1. The highest BCUT2D eigenvalue weighted by Crippen LogP contribution is 2.39. The number of hydrogen-bond acceptors (Lipinski definition) is 2. The summed E-state index contributed by atoms with van der Waals surface area (Å²) in [5.41, 5.74) is 1.71. The molecular weight excluding hydrogens is 414 g/mol. The predicted octanol–water partition coefficient (Wildman–Crippen LogP) is 5.81. The number of carbonyl (C=O) groups is 1. The maximum absolute atomic E-state index is 13.4. The van der Waals surface area contributed by atoms with Crippen LogP contribution in [-0.4, -0.2) is 20.9 Å². The van der Waals surface area contributed by atoms with Gasteiger partial charge in [0.15, 0.2) is 4.84 Å². The summed E-state index contributed by atoms with van der Waals surface area (Å²) in [4.78, 5) is 10.3. The maximum Gasteiger partial charge on any atom is 0.417 e. The number of H-pyrrole nitrogens is 1. The van der Waals surface area contributed by atoms with Gasteiger partial charge in [-0.05, 0) is 36.8 Å². The minimum atomic E-state index is -4.48. The van der Waals surface area contributed by atoms with E-state index in [1.54, 1.807) is 43.3 Å². The average molecular weight is 428 g/mol. The zero-order valence-corrected chi connectivity index (χ0v) is 16.0. The van der Waals surface area contributed by atoms with Gasteiger partial charge in [-0.3, -0.25) is 9.89 Å². The van der Waals surface area contributed by atoms with Crippen molar-refractivity contribution in [1.82, 2.24) is 10.2 Å². The highest BCUT2D eigenvalue weighted by atomic mass is 35.5. The molecule has 2 N–H and O–H groups in total. The molecule has 0 atom stereocenters. The molecule has 0 fully saturated rings. The van der Waals surface area contributed by atoms with Crippen LogP contribution in [0.15, 0.2) is 48.5 Å². The smallest absolute Gasteiger partial charge is 0.324 e. The van der Waals surface area contributed by atoms with Gasteiger partial charge in [0.2, 0.25) is 0 Å². The van der Waals surface area contributed by atoms with Crippen LogP contribution < -0.4 is 5.32 Å². The molecule has 0 aliphatic rings. The normalized spacial score (nSPS) is 11.7. The van der Waals surface area contributed by atoms with Crippen LogP contribution in [0.25, 0.3) is 22.5 Å². The van der Waals surface area contributed by atoms with Gasteiger partial charge in [0.25, 0.3) is 5.91 Å². The fourth-order valence-corrected chi connectivity index (χ4v) is 2.89. The lowest BCUT2D eigenvalue weighted by molar-refractivity contribution is -0.137. The summed E-state index contributed by atoms with van der Waals surface area (Å²) in [6.45, 7) is 1.61. The second-order valence-corrected chi connectivity index (χ2v) is 7.13. The molecular formula is C19H14Cl2F3N3O. The maximum atomic E-state index is 13.4. The molecule has 28 heavy (non-hydrogen) atoms. The van der Waals surface area contributed by atoms with Crippen LogP contribution >= 0.6 is 23.2 Å². The number of nitrogens with zero attached hydrogens (tertiary/aromatic N) is 1. The van der Waals surface area contributed by atoms with Gasteiger partial charge in [0.05, 0.1) is 17.0 Å². The standard InChI is InChI=1S/C19H14Cl2F3N3O/c1-10-3-2-4-13(19(22,23)24)16(10)15-9-14(26-27-15)11-5-7-12(8-6-11)25-18(28)17(20)21/h2-9,17H,1H3,(H,25,28)(H,26,27). The second-order valence-electron chi connectivity index (χ2n) is 6.03. The van der Waals surface area contributed by atoms with Crippen molar-refractivity contribution >= 4 is 34.8 Å². The van der Waals surface area contributed by atoms with Crippen LogP contribution in [0.4, 0.5) is 18.9 Å². The molecule has 0 bridgehead atoms. The van der Waals surface area contributed by atoms with E-state index in [-0.39, 0.29) is 11.3 Å².